The van der Waals surface area contributed by atoms with E-state index < -0.39 is 0 Å². The number of allylic oxidation sites excluding steroid dienone is 2. The second-order valence-corrected chi connectivity index (χ2v) is 3.66. The Morgan fingerprint density at radius 2 is 1.71 bits per heavy atom. The zero-order chi connectivity index (χ0) is 9.80. The van der Waals surface area contributed by atoms with Gasteiger partial charge >= 0.3 is 0 Å². The Balaban J connectivity index is 1.88. The number of hydrogen-bond acceptors (Lipinski definition) is 1. The van der Waals surface area contributed by atoms with Crippen molar-refractivity contribution >= 4 is 0 Å². The summed E-state index contributed by atoms with van der Waals surface area (Å²) < 4.78 is 0. The largest absolute Gasteiger partial charge is 0.303 e. The van der Waals surface area contributed by atoms with Crippen LogP contribution in [0.25, 0.3) is 0 Å². The fourth-order valence-corrected chi connectivity index (χ4v) is 1.51. The minimum atomic E-state index is 0.413. The van der Waals surface area contributed by atoms with Gasteiger partial charge in [0, 0.05) is 12.6 Å². The molecular formula is C13H15N. The lowest BCUT2D eigenvalue weighted by Gasteiger charge is -2.08. The molecule has 1 aromatic rings. The van der Waals surface area contributed by atoms with E-state index in [1.165, 1.54) is 11.1 Å². The van der Waals surface area contributed by atoms with Gasteiger partial charge in [0.1, 0.15) is 0 Å². The topological polar surface area (TPSA) is 12.0 Å². The Bertz CT molecular complexity index is 334. The van der Waals surface area contributed by atoms with Gasteiger partial charge in [-0.05, 0) is 12.5 Å². The molecular weight excluding hydrogens is 170 g/mol. The van der Waals surface area contributed by atoms with E-state index >= 15 is 0 Å². The minimum Gasteiger partial charge on any atom is -0.303 e. The summed E-state index contributed by atoms with van der Waals surface area (Å²) in [4.78, 5) is 0. The van der Waals surface area contributed by atoms with Crippen LogP contribution in [0.1, 0.15) is 11.1 Å². The highest BCUT2D eigenvalue weighted by Crippen LogP contribution is 2.05. The summed E-state index contributed by atoms with van der Waals surface area (Å²) >= 11 is 0. The molecule has 1 N–H and O–H groups in total. The monoisotopic (exact) mass is 185 g/mol. The molecule has 0 radical (unpaired) electrons. The molecule has 14 heavy (non-hydrogen) atoms. The highest BCUT2D eigenvalue weighted by atomic mass is 14.9. The highest BCUT2D eigenvalue weighted by Gasteiger charge is 2.01. The molecule has 2 rings (SSSR count). The van der Waals surface area contributed by atoms with E-state index in [1.807, 2.05) is 0 Å². The van der Waals surface area contributed by atoms with Crippen LogP contribution in [0, 0.1) is 6.92 Å². The zero-order valence-electron chi connectivity index (χ0n) is 8.40. The summed E-state index contributed by atoms with van der Waals surface area (Å²) in [6, 6.07) is 9.06. The second-order valence-electron chi connectivity index (χ2n) is 3.66. The van der Waals surface area contributed by atoms with Crippen LogP contribution in [0.5, 0.6) is 0 Å². The third kappa shape index (κ3) is 2.33. The predicted molar refractivity (Wildman–Crippen MR) is 60.1 cm³/mol. The maximum absolute atomic E-state index is 3.44. The number of hydrogen-bond donors (Lipinski definition) is 1. The number of benzene rings is 1. The number of aryl methyl sites for hydroxylation is 1. The highest BCUT2D eigenvalue weighted by molar-refractivity contribution is 5.24. The number of nitrogens with one attached hydrogen (secondary N) is 1. The van der Waals surface area contributed by atoms with Crippen LogP contribution in [-0.2, 0) is 6.54 Å². The molecule has 0 unspecified atom stereocenters. The summed E-state index contributed by atoms with van der Waals surface area (Å²) in [6.07, 6.45) is 8.47. The van der Waals surface area contributed by atoms with E-state index in [0.29, 0.717) is 6.04 Å². The molecule has 0 spiro atoms. The van der Waals surface area contributed by atoms with Gasteiger partial charge in [0.15, 0.2) is 0 Å². The first-order valence-electron chi connectivity index (χ1n) is 4.98. The Labute approximate surface area is 85.2 Å². The Morgan fingerprint density at radius 1 is 1.07 bits per heavy atom. The molecule has 0 amide bonds. The van der Waals surface area contributed by atoms with Crippen LogP contribution in [0.3, 0.4) is 0 Å². The molecule has 0 saturated heterocycles. The quantitative estimate of drug-likeness (QED) is 0.763. The molecule has 0 bridgehead atoms. The third-order valence-electron chi connectivity index (χ3n) is 2.41. The maximum atomic E-state index is 3.44. The van der Waals surface area contributed by atoms with Gasteiger partial charge in [0.05, 0.1) is 0 Å². The summed E-state index contributed by atoms with van der Waals surface area (Å²) in [5.41, 5.74) is 2.65. The summed E-state index contributed by atoms with van der Waals surface area (Å²) in [7, 11) is 0. The molecule has 0 saturated carbocycles. The van der Waals surface area contributed by atoms with Crippen LogP contribution in [-0.4, -0.2) is 6.04 Å². The molecule has 1 aliphatic rings. The molecule has 0 aromatic heterocycles. The van der Waals surface area contributed by atoms with Gasteiger partial charge in [-0.1, -0.05) is 54.1 Å². The van der Waals surface area contributed by atoms with E-state index in [2.05, 4.69) is 60.8 Å². The lowest BCUT2D eigenvalue weighted by Crippen LogP contribution is -2.23. The van der Waals surface area contributed by atoms with E-state index in [0.717, 1.165) is 6.54 Å². The second kappa shape index (κ2) is 4.25. The van der Waals surface area contributed by atoms with Gasteiger partial charge < -0.3 is 5.32 Å². The van der Waals surface area contributed by atoms with Gasteiger partial charge in [-0.2, -0.15) is 0 Å². The average Bonchev–Trinajstić information content (AvgIpc) is 2.70. The molecule has 72 valence electrons. The molecule has 0 fully saturated rings. The molecule has 1 nitrogen and oxygen atoms in total. The first-order chi connectivity index (χ1) is 6.84. The van der Waals surface area contributed by atoms with E-state index in [9.17, 15) is 0 Å². The van der Waals surface area contributed by atoms with Crippen LogP contribution in [0.4, 0.5) is 0 Å². The van der Waals surface area contributed by atoms with Crippen molar-refractivity contribution < 1.29 is 0 Å². The standard InChI is InChI=1S/C13H15N/c1-11-6-8-12(9-7-11)10-14-13-4-2-3-5-13/h2-9,13-14H,10H2,1H3. The van der Waals surface area contributed by atoms with E-state index in [-0.39, 0.29) is 0 Å². The fraction of sp³-hybridized carbons (Fsp3) is 0.231. The van der Waals surface area contributed by atoms with Gasteiger partial charge in [-0.3, -0.25) is 0 Å². The first-order valence-corrected chi connectivity index (χ1v) is 4.98. The third-order valence-corrected chi connectivity index (χ3v) is 2.41. The van der Waals surface area contributed by atoms with Crippen LogP contribution in [0.15, 0.2) is 48.6 Å². The van der Waals surface area contributed by atoms with E-state index in [1.54, 1.807) is 0 Å². The van der Waals surface area contributed by atoms with Crippen molar-refractivity contribution in [1.82, 2.24) is 5.32 Å². The Hall–Kier alpha value is -1.34. The predicted octanol–water partition coefficient (Wildman–Crippen LogP) is 2.58. The molecule has 0 aliphatic heterocycles. The number of rotatable bonds is 3. The molecule has 0 atom stereocenters. The Morgan fingerprint density at radius 3 is 2.36 bits per heavy atom. The van der Waals surface area contributed by atoms with Crippen molar-refractivity contribution in [2.75, 3.05) is 0 Å². The molecule has 1 heteroatoms. The maximum Gasteiger partial charge on any atom is 0.0444 e. The fourth-order valence-electron chi connectivity index (χ4n) is 1.51. The van der Waals surface area contributed by atoms with E-state index in [4.69, 9.17) is 0 Å². The van der Waals surface area contributed by atoms with Crippen molar-refractivity contribution in [1.29, 1.82) is 0 Å². The van der Waals surface area contributed by atoms with Crippen molar-refractivity contribution in [3.63, 3.8) is 0 Å². The zero-order valence-corrected chi connectivity index (χ0v) is 8.40. The van der Waals surface area contributed by atoms with Crippen molar-refractivity contribution in [2.45, 2.75) is 19.5 Å². The van der Waals surface area contributed by atoms with Gasteiger partial charge in [-0.25, -0.2) is 0 Å². The van der Waals surface area contributed by atoms with Crippen molar-refractivity contribution in [3.05, 3.63) is 59.7 Å². The Kier molecular flexibility index (Phi) is 2.80. The van der Waals surface area contributed by atoms with Gasteiger partial charge in [0.2, 0.25) is 0 Å². The molecule has 1 aliphatic carbocycles. The van der Waals surface area contributed by atoms with Crippen LogP contribution < -0.4 is 5.32 Å². The normalized spacial score (nSPS) is 15.2. The first kappa shape index (κ1) is 9.22. The SMILES string of the molecule is Cc1ccc(CNC2C=CC=C2)cc1. The summed E-state index contributed by atoms with van der Waals surface area (Å²) in [6.45, 7) is 3.04. The van der Waals surface area contributed by atoms with Crippen molar-refractivity contribution in [3.8, 4) is 0 Å². The average molecular weight is 185 g/mol. The molecule has 0 heterocycles. The minimum absolute atomic E-state index is 0.413. The molecule has 1 aromatic carbocycles. The smallest absolute Gasteiger partial charge is 0.0444 e. The van der Waals surface area contributed by atoms with Gasteiger partial charge in [-0.15, -0.1) is 0 Å². The summed E-state index contributed by atoms with van der Waals surface area (Å²) in [5.74, 6) is 0. The summed E-state index contributed by atoms with van der Waals surface area (Å²) in [5, 5.41) is 3.44. The van der Waals surface area contributed by atoms with Crippen molar-refractivity contribution in [2.24, 2.45) is 0 Å². The lowest BCUT2D eigenvalue weighted by molar-refractivity contribution is 0.680. The lowest BCUT2D eigenvalue weighted by atomic mass is 10.1. The van der Waals surface area contributed by atoms with Crippen LogP contribution >= 0.6 is 0 Å². The van der Waals surface area contributed by atoms with Gasteiger partial charge in [0.25, 0.3) is 0 Å². The van der Waals surface area contributed by atoms with Crippen LogP contribution in [0.2, 0.25) is 0 Å².